The standard InChI is InChI=1S/C13H7BrClN3O2/c14-9-3-2-8(6-10(9)15)18-12-5-7(13(19)20)1-4-11(12)16-17-18/h1-6H,(H,19,20). The molecule has 0 amide bonds. The van der Waals surface area contributed by atoms with Crippen LogP contribution in [0.2, 0.25) is 5.02 Å². The number of benzene rings is 2. The summed E-state index contributed by atoms with van der Waals surface area (Å²) in [4.78, 5) is 11.0. The number of aromatic nitrogens is 3. The first-order valence-electron chi connectivity index (χ1n) is 5.60. The van der Waals surface area contributed by atoms with Gasteiger partial charge in [-0.25, -0.2) is 9.48 Å². The zero-order valence-corrected chi connectivity index (χ0v) is 12.3. The van der Waals surface area contributed by atoms with Crippen molar-refractivity contribution in [1.29, 1.82) is 0 Å². The topological polar surface area (TPSA) is 68.0 Å². The Balaban J connectivity index is 2.22. The summed E-state index contributed by atoms with van der Waals surface area (Å²) in [6, 6.07) is 10.0. The van der Waals surface area contributed by atoms with E-state index in [1.807, 2.05) is 6.07 Å². The number of rotatable bonds is 2. The minimum atomic E-state index is -0.992. The molecule has 20 heavy (non-hydrogen) atoms. The highest BCUT2D eigenvalue weighted by atomic mass is 79.9. The maximum absolute atomic E-state index is 11.0. The van der Waals surface area contributed by atoms with Gasteiger partial charge >= 0.3 is 5.97 Å². The minimum absolute atomic E-state index is 0.184. The Hall–Kier alpha value is -1.92. The monoisotopic (exact) mass is 351 g/mol. The third kappa shape index (κ3) is 2.17. The molecule has 1 N–H and O–H groups in total. The van der Waals surface area contributed by atoms with Gasteiger partial charge in [0.1, 0.15) is 5.52 Å². The van der Waals surface area contributed by atoms with Crippen molar-refractivity contribution in [2.24, 2.45) is 0 Å². The molecule has 0 saturated heterocycles. The molecule has 100 valence electrons. The first-order valence-corrected chi connectivity index (χ1v) is 6.77. The molecule has 0 saturated carbocycles. The van der Waals surface area contributed by atoms with Crippen LogP contribution in [0.5, 0.6) is 0 Å². The molecule has 0 unspecified atom stereocenters. The summed E-state index contributed by atoms with van der Waals surface area (Å²) in [5.41, 5.74) is 2.13. The lowest BCUT2D eigenvalue weighted by Crippen LogP contribution is -1.99. The van der Waals surface area contributed by atoms with Crippen LogP contribution in [0.15, 0.2) is 40.9 Å². The summed E-state index contributed by atoms with van der Waals surface area (Å²) in [5.74, 6) is -0.992. The molecule has 5 nitrogen and oxygen atoms in total. The first-order chi connectivity index (χ1) is 9.56. The van der Waals surface area contributed by atoms with Crippen molar-refractivity contribution < 1.29 is 9.90 Å². The van der Waals surface area contributed by atoms with Crippen LogP contribution in [0.3, 0.4) is 0 Å². The third-order valence-corrected chi connectivity index (χ3v) is 4.07. The normalized spacial score (nSPS) is 10.9. The maximum atomic E-state index is 11.0. The SMILES string of the molecule is O=C(O)c1ccc2nnn(-c3ccc(Br)c(Cl)c3)c2c1. The van der Waals surface area contributed by atoms with Crippen LogP contribution >= 0.6 is 27.5 Å². The number of hydrogen-bond donors (Lipinski definition) is 1. The van der Waals surface area contributed by atoms with Crippen molar-refractivity contribution in [3.05, 3.63) is 51.5 Å². The van der Waals surface area contributed by atoms with Crippen molar-refractivity contribution in [1.82, 2.24) is 15.0 Å². The Morgan fingerprint density at radius 1 is 1.25 bits per heavy atom. The number of fused-ring (bicyclic) bond motifs is 1. The number of aromatic carboxylic acids is 1. The largest absolute Gasteiger partial charge is 0.478 e. The molecule has 0 radical (unpaired) electrons. The van der Waals surface area contributed by atoms with Gasteiger partial charge in [-0.3, -0.25) is 0 Å². The Morgan fingerprint density at radius 2 is 2.05 bits per heavy atom. The van der Waals surface area contributed by atoms with Crippen molar-refractivity contribution in [2.75, 3.05) is 0 Å². The van der Waals surface area contributed by atoms with E-state index in [0.717, 1.165) is 4.47 Å². The predicted octanol–water partition coefficient (Wildman–Crippen LogP) is 3.53. The molecule has 0 bridgehead atoms. The van der Waals surface area contributed by atoms with E-state index in [1.165, 1.54) is 12.1 Å². The van der Waals surface area contributed by atoms with Gasteiger partial charge in [-0.15, -0.1) is 5.10 Å². The molecular formula is C13H7BrClN3O2. The predicted molar refractivity (Wildman–Crippen MR) is 78.5 cm³/mol. The van der Waals surface area contributed by atoms with Gasteiger partial charge in [0.25, 0.3) is 0 Å². The van der Waals surface area contributed by atoms with E-state index in [2.05, 4.69) is 26.2 Å². The molecule has 1 heterocycles. The lowest BCUT2D eigenvalue weighted by atomic mass is 10.2. The van der Waals surface area contributed by atoms with Crippen LogP contribution in [-0.4, -0.2) is 26.1 Å². The molecule has 1 aromatic heterocycles. The van der Waals surface area contributed by atoms with Crippen LogP contribution in [0.25, 0.3) is 16.7 Å². The van der Waals surface area contributed by atoms with E-state index in [-0.39, 0.29) is 5.56 Å². The second kappa shape index (κ2) is 4.88. The van der Waals surface area contributed by atoms with Gasteiger partial charge in [0, 0.05) is 4.47 Å². The van der Waals surface area contributed by atoms with Crippen molar-refractivity contribution in [2.45, 2.75) is 0 Å². The average molecular weight is 353 g/mol. The summed E-state index contributed by atoms with van der Waals surface area (Å²) >= 11 is 9.38. The lowest BCUT2D eigenvalue weighted by molar-refractivity contribution is 0.0697. The van der Waals surface area contributed by atoms with Crippen LogP contribution in [0, 0.1) is 0 Å². The Labute approximate surface area is 126 Å². The second-order valence-electron chi connectivity index (χ2n) is 4.11. The summed E-state index contributed by atoms with van der Waals surface area (Å²) in [6.07, 6.45) is 0. The quantitative estimate of drug-likeness (QED) is 0.766. The molecule has 0 spiro atoms. The Bertz CT molecular complexity index is 832. The van der Waals surface area contributed by atoms with Crippen molar-refractivity contribution in [3.8, 4) is 5.69 Å². The molecular weight excluding hydrogens is 346 g/mol. The number of nitrogens with zero attached hydrogens (tertiary/aromatic N) is 3. The molecule has 3 aromatic rings. The summed E-state index contributed by atoms with van der Waals surface area (Å²) in [6.45, 7) is 0. The van der Waals surface area contributed by atoms with E-state index in [4.69, 9.17) is 16.7 Å². The molecule has 0 fully saturated rings. The van der Waals surface area contributed by atoms with Crippen LogP contribution < -0.4 is 0 Å². The fraction of sp³-hybridized carbons (Fsp3) is 0. The van der Waals surface area contributed by atoms with E-state index < -0.39 is 5.97 Å². The zero-order chi connectivity index (χ0) is 14.3. The van der Waals surface area contributed by atoms with Crippen LogP contribution in [-0.2, 0) is 0 Å². The summed E-state index contributed by atoms with van der Waals surface area (Å²) in [5, 5.41) is 17.6. The van der Waals surface area contributed by atoms with Gasteiger partial charge in [0.05, 0.1) is 21.8 Å². The maximum Gasteiger partial charge on any atom is 0.335 e. The highest BCUT2D eigenvalue weighted by Crippen LogP contribution is 2.26. The molecule has 2 aromatic carbocycles. The number of halogens is 2. The number of carbonyl (C=O) groups is 1. The zero-order valence-electron chi connectivity index (χ0n) is 9.92. The van der Waals surface area contributed by atoms with Gasteiger partial charge in [0.2, 0.25) is 0 Å². The average Bonchev–Trinajstić information content (AvgIpc) is 2.84. The van der Waals surface area contributed by atoms with Crippen molar-refractivity contribution >= 4 is 44.5 Å². The van der Waals surface area contributed by atoms with Gasteiger partial charge in [-0.1, -0.05) is 16.8 Å². The fourth-order valence-electron chi connectivity index (χ4n) is 1.86. The Morgan fingerprint density at radius 3 is 2.75 bits per heavy atom. The first kappa shape index (κ1) is 13.1. The highest BCUT2D eigenvalue weighted by Gasteiger charge is 2.11. The van der Waals surface area contributed by atoms with Gasteiger partial charge < -0.3 is 5.11 Å². The number of carboxylic acids is 1. The van der Waals surface area contributed by atoms with Gasteiger partial charge in [-0.2, -0.15) is 0 Å². The minimum Gasteiger partial charge on any atom is -0.478 e. The lowest BCUT2D eigenvalue weighted by Gasteiger charge is -2.04. The van der Waals surface area contributed by atoms with Crippen LogP contribution in [0.1, 0.15) is 10.4 Å². The fourth-order valence-corrected chi connectivity index (χ4v) is 2.28. The molecule has 0 aliphatic carbocycles. The second-order valence-corrected chi connectivity index (χ2v) is 5.37. The van der Waals surface area contributed by atoms with E-state index >= 15 is 0 Å². The Kier molecular flexibility index (Phi) is 3.19. The summed E-state index contributed by atoms with van der Waals surface area (Å²) in [7, 11) is 0. The van der Waals surface area contributed by atoms with E-state index in [1.54, 1.807) is 22.9 Å². The molecule has 0 aliphatic rings. The third-order valence-electron chi connectivity index (χ3n) is 2.84. The molecule has 0 atom stereocenters. The van der Waals surface area contributed by atoms with Crippen molar-refractivity contribution in [3.63, 3.8) is 0 Å². The van der Waals surface area contributed by atoms with E-state index in [0.29, 0.717) is 21.7 Å². The summed E-state index contributed by atoms with van der Waals surface area (Å²) < 4.78 is 2.33. The van der Waals surface area contributed by atoms with Gasteiger partial charge in [-0.05, 0) is 52.3 Å². The van der Waals surface area contributed by atoms with Gasteiger partial charge in [0.15, 0.2) is 0 Å². The molecule has 7 heteroatoms. The van der Waals surface area contributed by atoms with E-state index in [9.17, 15) is 4.79 Å². The smallest absolute Gasteiger partial charge is 0.335 e. The van der Waals surface area contributed by atoms with Crippen LogP contribution in [0.4, 0.5) is 0 Å². The molecule has 3 rings (SSSR count). The molecule has 0 aliphatic heterocycles. The number of carboxylic acid groups (broad SMARTS) is 1. The number of hydrogen-bond acceptors (Lipinski definition) is 3. The highest BCUT2D eigenvalue weighted by molar-refractivity contribution is 9.10.